The first kappa shape index (κ1) is 21.4. The Morgan fingerprint density at radius 1 is 0.933 bits per heavy atom. The second-order valence-electron chi connectivity index (χ2n) is 7.22. The third-order valence-electron chi connectivity index (χ3n) is 4.95. The summed E-state index contributed by atoms with van der Waals surface area (Å²) in [6, 6.07) is 23.4. The Bertz CT molecular complexity index is 956. The topological polar surface area (TPSA) is 61.8 Å². The Morgan fingerprint density at radius 3 is 2.17 bits per heavy atom. The molecule has 0 aliphatic heterocycles. The molecular weight excluding hydrogens is 376 g/mol. The molecule has 5 heteroatoms. The fourth-order valence-electron chi connectivity index (χ4n) is 3.31. The van der Waals surface area contributed by atoms with E-state index >= 15 is 0 Å². The molecule has 1 amide bonds. The van der Waals surface area contributed by atoms with Crippen molar-refractivity contribution in [3.8, 4) is 11.5 Å². The fraction of sp³-hybridized carbons (Fsp3) is 0.240. The lowest BCUT2D eigenvalue weighted by molar-refractivity contribution is -0.115. The number of anilines is 1. The number of aromatic hydroxyl groups is 1. The molecule has 0 fully saturated rings. The number of methoxy groups -OCH3 is 1. The molecule has 0 saturated carbocycles. The molecule has 156 valence electrons. The zero-order valence-electron chi connectivity index (χ0n) is 17.5. The lowest BCUT2D eigenvalue weighted by Gasteiger charge is -2.20. The SMILES string of the molecule is CCN(Cc1ccccc1)Cc1ccc(NC(=O)Cc2ccc(OC)c(O)c2)cc1. The van der Waals surface area contributed by atoms with E-state index in [1.807, 2.05) is 30.3 Å². The smallest absolute Gasteiger partial charge is 0.228 e. The van der Waals surface area contributed by atoms with E-state index in [-0.39, 0.29) is 18.1 Å². The van der Waals surface area contributed by atoms with Gasteiger partial charge >= 0.3 is 0 Å². The first-order valence-corrected chi connectivity index (χ1v) is 10.1. The standard InChI is InChI=1S/C25H28N2O3/c1-3-27(17-19-7-5-4-6-8-19)18-20-9-12-22(13-10-20)26-25(29)16-21-11-14-24(30-2)23(28)15-21/h4-15,28H,3,16-18H2,1-2H3,(H,26,29). The van der Waals surface area contributed by atoms with E-state index in [0.717, 1.165) is 30.9 Å². The molecule has 0 aliphatic rings. The summed E-state index contributed by atoms with van der Waals surface area (Å²) in [6.07, 6.45) is 0.181. The summed E-state index contributed by atoms with van der Waals surface area (Å²) in [6.45, 7) is 4.88. The van der Waals surface area contributed by atoms with E-state index in [1.165, 1.54) is 18.2 Å². The summed E-state index contributed by atoms with van der Waals surface area (Å²) in [5, 5.41) is 12.8. The van der Waals surface area contributed by atoms with Crippen LogP contribution in [0.5, 0.6) is 11.5 Å². The molecule has 2 N–H and O–H groups in total. The van der Waals surface area contributed by atoms with Crippen LogP contribution in [-0.4, -0.2) is 29.6 Å². The largest absolute Gasteiger partial charge is 0.504 e. The molecule has 3 aromatic carbocycles. The zero-order chi connectivity index (χ0) is 21.3. The van der Waals surface area contributed by atoms with E-state index < -0.39 is 0 Å². The van der Waals surface area contributed by atoms with Crippen molar-refractivity contribution in [1.29, 1.82) is 0 Å². The Kier molecular flexibility index (Phi) is 7.46. The Balaban J connectivity index is 1.54. The van der Waals surface area contributed by atoms with Crippen LogP contribution in [0, 0.1) is 0 Å². The van der Waals surface area contributed by atoms with Crippen molar-refractivity contribution in [2.24, 2.45) is 0 Å². The molecule has 30 heavy (non-hydrogen) atoms. The number of hydrogen-bond acceptors (Lipinski definition) is 4. The molecule has 0 heterocycles. The number of phenols is 1. The van der Waals surface area contributed by atoms with Crippen molar-refractivity contribution >= 4 is 11.6 Å². The van der Waals surface area contributed by atoms with Crippen molar-refractivity contribution in [3.63, 3.8) is 0 Å². The molecule has 0 saturated heterocycles. The number of phenolic OH excluding ortho intramolecular Hbond substituents is 1. The van der Waals surface area contributed by atoms with Crippen LogP contribution in [0.25, 0.3) is 0 Å². The summed E-state index contributed by atoms with van der Waals surface area (Å²) >= 11 is 0. The van der Waals surface area contributed by atoms with Crippen LogP contribution >= 0.6 is 0 Å². The highest BCUT2D eigenvalue weighted by Gasteiger charge is 2.09. The highest BCUT2D eigenvalue weighted by Crippen LogP contribution is 2.26. The molecule has 0 unspecified atom stereocenters. The van der Waals surface area contributed by atoms with Gasteiger partial charge in [-0.15, -0.1) is 0 Å². The number of ether oxygens (including phenoxy) is 1. The van der Waals surface area contributed by atoms with Crippen LogP contribution in [0.4, 0.5) is 5.69 Å². The number of benzene rings is 3. The first-order chi connectivity index (χ1) is 14.6. The van der Waals surface area contributed by atoms with Gasteiger partial charge in [-0.1, -0.05) is 55.5 Å². The van der Waals surface area contributed by atoms with Gasteiger partial charge in [-0.2, -0.15) is 0 Å². The third-order valence-corrected chi connectivity index (χ3v) is 4.95. The number of carbonyl (C=O) groups excluding carboxylic acids is 1. The Labute approximate surface area is 177 Å². The van der Waals surface area contributed by atoms with Crippen molar-refractivity contribution in [1.82, 2.24) is 4.90 Å². The highest BCUT2D eigenvalue weighted by molar-refractivity contribution is 5.92. The van der Waals surface area contributed by atoms with Crippen LogP contribution in [0.1, 0.15) is 23.6 Å². The summed E-state index contributed by atoms with van der Waals surface area (Å²) in [7, 11) is 1.49. The first-order valence-electron chi connectivity index (χ1n) is 10.1. The lowest BCUT2D eigenvalue weighted by Crippen LogP contribution is -2.22. The van der Waals surface area contributed by atoms with Gasteiger partial charge in [0.25, 0.3) is 0 Å². The number of hydrogen-bond donors (Lipinski definition) is 2. The Hall–Kier alpha value is -3.31. The summed E-state index contributed by atoms with van der Waals surface area (Å²) in [4.78, 5) is 14.7. The average molecular weight is 405 g/mol. The minimum absolute atomic E-state index is 0.0307. The number of amides is 1. The molecular formula is C25H28N2O3. The van der Waals surface area contributed by atoms with E-state index in [9.17, 15) is 9.90 Å². The molecule has 0 atom stereocenters. The minimum Gasteiger partial charge on any atom is -0.504 e. The van der Waals surface area contributed by atoms with Crippen molar-refractivity contribution in [3.05, 3.63) is 89.5 Å². The maximum atomic E-state index is 12.3. The van der Waals surface area contributed by atoms with E-state index in [4.69, 9.17) is 4.74 Å². The molecule has 0 radical (unpaired) electrons. The summed E-state index contributed by atoms with van der Waals surface area (Å²) in [5.41, 5.74) is 3.98. The highest BCUT2D eigenvalue weighted by atomic mass is 16.5. The molecule has 0 bridgehead atoms. The second-order valence-corrected chi connectivity index (χ2v) is 7.22. The fourth-order valence-corrected chi connectivity index (χ4v) is 3.31. The van der Waals surface area contributed by atoms with Crippen LogP contribution in [0.3, 0.4) is 0 Å². The van der Waals surface area contributed by atoms with Gasteiger partial charge in [0.2, 0.25) is 5.91 Å². The molecule has 0 spiro atoms. The van der Waals surface area contributed by atoms with Gasteiger partial charge in [0.1, 0.15) is 0 Å². The van der Waals surface area contributed by atoms with Gasteiger partial charge in [0.05, 0.1) is 13.5 Å². The number of rotatable bonds is 9. The second kappa shape index (κ2) is 10.5. The Morgan fingerprint density at radius 2 is 1.57 bits per heavy atom. The van der Waals surface area contributed by atoms with Gasteiger partial charge in [-0.05, 0) is 47.5 Å². The molecule has 5 nitrogen and oxygen atoms in total. The maximum Gasteiger partial charge on any atom is 0.228 e. The van der Waals surface area contributed by atoms with Crippen LogP contribution in [-0.2, 0) is 24.3 Å². The van der Waals surface area contributed by atoms with Crippen LogP contribution in [0.2, 0.25) is 0 Å². The van der Waals surface area contributed by atoms with Crippen LogP contribution in [0.15, 0.2) is 72.8 Å². The normalized spacial score (nSPS) is 10.8. The van der Waals surface area contributed by atoms with Crippen molar-refractivity contribution in [2.75, 3.05) is 19.0 Å². The van der Waals surface area contributed by atoms with E-state index in [2.05, 4.69) is 41.4 Å². The molecule has 0 aromatic heterocycles. The minimum atomic E-state index is -0.133. The van der Waals surface area contributed by atoms with Gasteiger partial charge in [-0.3, -0.25) is 9.69 Å². The third kappa shape index (κ3) is 6.09. The van der Waals surface area contributed by atoms with Gasteiger partial charge in [0.15, 0.2) is 11.5 Å². The quantitative estimate of drug-likeness (QED) is 0.547. The van der Waals surface area contributed by atoms with E-state index in [1.54, 1.807) is 18.2 Å². The van der Waals surface area contributed by atoms with Crippen molar-refractivity contribution in [2.45, 2.75) is 26.4 Å². The summed E-state index contributed by atoms with van der Waals surface area (Å²) in [5.74, 6) is 0.290. The predicted octanol–water partition coefficient (Wildman–Crippen LogP) is 4.60. The predicted molar refractivity (Wildman–Crippen MR) is 120 cm³/mol. The van der Waals surface area contributed by atoms with Crippen LogP contribution < -0.4 is 10.1 Å². The number of nitrogens with one attached hydrogen (secondary N) is 1. The van der Waals surface area contributed by atoms with Crippen molar-refractivity contribution < 1.29 is 14.6 Å². The zero-order valence-corrected chi connectivity index (χ0v) is 17.5. The average Bonchev–Trinajstić information content (AvgIpc) is 2.75. The molecule has 3 aromatic rings. The lowest BCUT2D eigenvalue weighted by atomic mass is 10.1. The monoisotopic (exact) mass is 404 g/mol. The van der Waals surface area contributed by atoms with Gasteiger partial charge < -0.3 is 15.2 Å². The maximum absolute atomic E-state index is 12.3. The van der Waals surface area contributed by atoms with E-state index in [0.29, 0.717) is 5.75 Å². The number of nitrogens with zero attached hydrogens (tertiary/aromatic N) is 1. The van der Waals surface area contributed by atoms with Gasteiger partial charge in [-0.25, -0.2) is 0 Å². The van der Waals surface area contributed by atoms with Gasteiger partial charge in [0, 0.05) is 18.8 Å². The number of carbonyl (C=O) groups is 1. The molecule has 3 rings (SSSR count). The summed E-state index contributed by atoms with van der Waals surface area (Å²) < 4.78 is 5.03. The molecule has 0 aliphatic carbocycles.